The van der Waals surface area contributed by atoms with Gasteiger partial charge in [-0.3, -0.25) is 34.3 Å². The molecule has 0 radical (unpaired) electrons. The third-order valence-electron chi connectivity index (χ3n) is 8.29. The molecule has 7 rings (SSSR count). The van der Waals surface area contributed by atoms with Gasteiger partial charge in [-0.25, -0.2) is 9.97 Å². The fourth-order valence-corrected chi connectivity index (χ4v) is 6.31. The van der Waals surface area contributed by atoms with E-state index in [0.717, 1.165) is 40.9 Å². The molecular formula is C31H28ClN7O5. The summed E-state index contributed by atoms with van der Waals surface area (Å²) in [5, 5.41) is 7.14. The van der Waals surface area contributed by atoms with E-state index in [9.17, 15) is 19.2 Å². The van der Waals surface area contributed by atoms with Crippen molar-refractivity contribution in [2.75, 3.05) is 31.6 Å². The minimum absolute atomic E-state index is 0.0637. The Kier molecular flexibility index (Phi) is 7.23. The number of likely N-dealkylation sites (tertiary alicyclic amines) is 1. The molecule has 3 N–H and O–H groups in total. The first kappa shape index (κ1) is 28.0. The maximum atomic E-state index is 13.3. The van der Waals surface area contributed by atoms with Crippen molar-refractivity contribution in [3.8, 4) is 17.0 Å². The Bertz CT molecular complexity index is 1820. The monoisotopic (exact) mass is 613 g/mol. The number of anilines is 1. The van der Waals surface area contributed by atoms with Gasteiger partial charge < -0.3 is 15.0 Å². The number of amides is 4. The fraction of sp³-hybridized carbons (Fsp3) is 0.290. The van der Waals surface area contributed by atoms with Gasteiger partial charge in [-0.1, -0.05) is 35.9 Å². The Morgan fingerprint density at radius 1 is 1.02 bits per heavy atom. The second-order valence-corrected chi connectivity index (χ2v) is 11.5. The zero-order valence-corrected chi connectivity index (χ0v) is 24.3. The Morgan fingerprint density at radius 2 is 1.89 bits per heavy atom. The average molecular weight is 614 g/mol. The highest BCUT2D eigenvalue weighted by molar-refractivity contribution is 6.33. The third kappa shape index (κ3) is 5.05. The predicted molar refractivity (Wildman–Crippen MR) is 161 cm³/mol. The summed E-state index contributed by atoms with van der Waals surface area (Å²) in [6.07, 6.45) is 4.55. The summed E-state index contributed by atoms with van der Waals surface area (Å²) in [6.45, 7) is 2.47. The van der Waals surface area contributed by atoms with Gasteiger partial charge >= 0.3 is 0 Å². The van der Waals surface area contributed by atoms with Gasteiger partial charge in [0.15, 0.2) is 0 Å². The van der Waals surface area contributed by atoms with Gasteiger partial charge in [0.05, 0.1) is 28.0 Å². The molecule has 2 fully saturated rings. The lowest BCUT2D eigenvalue weighted by atomic mass is 10.0. The van der Waals surface area contributed by atoms with Crippen molar-refractivity contribution in [1.29, 1.82) is 0 Å². The van der Waals surface area contributed by atoms with Crippen LogP contribution < -0.4 is 15.4 Å². The van der Waals surface area contributed by atoms with Gasteiger partial charge in [0.25, 0.3) is 11.8 Å². The van der Waals surface area contributed by atoms with Crippen LogP contribution >= 0.6 is 11.6 Å². The number of rotatable bonds is 8. The van der Waals surface area contributed by atoms with E-state index in [4.69, 9.17) is 21.3 Å². The number of fused-ring (bicyclic) bond motifs is 2. The number of nitrogens with zero attached hydrogens (tertiary/aromatic N) is 4. The van der Waals surface area contributed by atoms with E-state index in [-0.39, 0.29) is 30.0 Å². The van der Waals surface area contributed by atoms with Gasteiger partial charge in [-0.15, -0.1) is 0 Å². The van der Waals surface area contributed by atoms with E-state index in [1.165, 1.54) is 0 Å². The van der Waals surface area contributed by atoms with E-state index >= 15 is 0 Å². The van der Waals surface area contributed by atoms with Crippen molar-refractivity contribution in [2.24, 2.45) is 0 Å². The van der Waals surface area contributed by atoms with Gasteiger partial charge in [0.2, 0.25) is 17.8 Å². The first-order valence-corrected chi connectivity index (χ1v) is 14.8. The summed E-state index contributed by atoms with van der Waals surface area (Å²) in [6, 6.07) is 11.9. The number of carbonyl (C=O) groups is 4. The van der Waals surface area contributed by atoms with Crippen LogP contribution in [0.1, 0.15) is 40.0 Å². The van der Waals surface area contributed by atoms with Crippen LogP contribution in [0.2, 0.25) is 5.02 Å². The number of aromatic amines is 1. The zero-order chi connectivity index (χ0) is 30.4. The molecule has 44 heavy (non-hydrogen) atoms. The number of imide groups is 2. The zero-order valence-electron chi connectivity index (χ0n) is 23.5. The fourth-order valence-electron chi connectivity index (χ4n) is 6.12. The van der Waals surface area contributed by atoms with Crippen molar-refractivity contribution < 1.29 is 23.9 Å². The minimum Gasteiger partial charge on any atom is -0.491 e. The third-order valence-corrected chi connectivity index (χ3v) is 8.57. The molecule has 4 aromatic rings. The molecule has 2 unspecified atom stereocenters. The molecule has 3 aliphatic heterocycles. The number of para-hydroxylation sites is 1. The van der Waals surface area contributed by atoms with Gasteiger partial charge in [-0.2, -0.15) is 0 Å². The molecule has 13 heteroatoms. The number of hydrogen-bond donors (Lipinski definition) is 3. The molecule has 2 atom stereocenters. The van der Waals surface area contributed by atoms with Crippen LogP contribution in [0.4, 0.5) is 5.95 Å². The van der Waals surface area contributed by atoms with Crippen LogP contribution in [0.15, 0.2) is 54.9 Å². The Labute approximate surface area is 256 Å². The van der Waals surface area contributed by atoms with Crippen molar-refractivity contribution in [3.63, 3.8) is 0 Å². The summed E-state index contributed by atoms with van der Waals surface area (Å²) in [5.74, 6) is -1.41. The quantitative estimate of drug-likeness (QED) is 0.255. The lowest BCUT2D eigenvalue weighted by molar-refractivity contribution is -0.136. The van der Waals surface area contributed by atoms with Gasteiger partial charge in [0.1, 0.15) is 18.4 Å². The smallest absolute Gasteiger partial charge is 0.266 e. The number of benzene rings is 2. The number of nitrogens with one attached hydrogen (secondary N) is 3. The summed E-state index contributed by atoms with van der Waals surface area (Å²) in [5.41, 5.74) is 2.91. The highest BCUT2D eigenvalue weighted by Gasteiger charge is 2.46. The number of aromatic nitrogens is 3. The number of hydrogen-bond acceptors (Lipinski definition) is 9. The van der Waals surface area contributed by atoms with Gasteiger partial charge in [-0.05, 0) is 31.0 Å². The van der Waals surface area contributed by atoms with Gasteiger partial charge in [0, 0.05) is 54.8 Å². The van der Waals surface area contributed by atoms with Crippen molar-refractivity contribution in [3.05, 3.63) is 71.0 Å². The SMILES string of the molecule is O=C1CCC(N2C(=O)c3cccc(OCCN4CCC(Nc5ncc(Cl)c(-c6c[nH]c7ccccc67)n5)C4)c3C2=O)C(=O)N1. The van der Waals surface area contributed by atoms with E-state index in [0.29, 0.717) is 35.6 Å². The molecule has 12 nitrogen and oxygen atoms in total. The first-order chi connectivity index (χ1) is 21.4. The van der Waals surface area contributed by atoms with E-state index < -0.39 is 29.7 Å². The Hall–Kier alpha value is -4.81. The van der Waals surface area contributed by atoms with Crippen LogP contribution in [-0.4, -0.2) is 86.7 Å². The molecule has 5 heterocycles. The lowest BCUT2D eigenvalue weighted by Crippen LogP contribution is -2.54. The second-order valence-electron chi connectivity index (χ2n) is 11.0. The summed E-state index contributed by atoms with van der Waals surface area (Å²) in [4.78, 5) is 65.9. The molecule has 2 saturated heterocycles. The maximum Gasteiger partial charge on any atom is 0.266 e. The van der Waals surface area contributed by atoms with Crippen LogP contribution in [0.25, 0.3) is 22.2 Å². The Morgan fingerprint density at radius 3 is 2.75 bits per heavy atom. The summed E-state index contributed by atoms with van der Waals surface area (Å²) < 4.78 is 6.01. The molecule has 3 aliphatic rings. The van der Waals surface area contributed by atoms with Crippen LogP contribution in [0.5, 0.6) is 5.75 Å². The summed E-state index contributed by atoms with van der Waals surface area (Å²) in [7, 11) is 0. The lowest BCUT2D eigenvalue weighted by Gasteiger charge is -2.27. The maximum absolute atomic E-state index is 13.3. The van der Waals surface area contributed by atoms with E-state index in [1.54, 1.807) is 24.4 Å². The number of piperidine rings is 1. The number of halogens is 1. The number of carbonyl (C=O) groups excluding carboxylic acids is 4. The average Bonchev–Trinajstić information content (AvgIpc) is 3.71. The first-order valence-electron chi connectivity index (χ1n) is 14.4. The summed E-state index contributed by atoms with van der Waals surface area (Å²) >= 11 is 6.49. The topological polar surface area (TPSA) is 150 Å². The predicted octanol–water partition coefficient (Wildman–Crippen LogP) is 3.24. The molecular weight excluding hydrogens is 586 g/mol. The minimum atomic E-state index is -1.02. The normalized spacial score (nSPS) is 20.3. The van der Waals surface area contributed by atoms with E-state index in [1.807, 2.05) is 30.5 Å². The molecule has 2 aromatic carbocycles. The second kappa shape index (κ2) is 11.4. The van der Waals surface area contributed by atoms with Crippen LogP contribution in [0.3, 0.4) is 0 Å². The molecule has 4 amide bonds. The molecule has 224 valence electrons. The molecule has 0 bridgehead atoms. The standard InChI is InChI=1S/C31H28ClN7O5/c32-21-15-34-31(37-27(21)20-14-33-22-6-2-1-4-18(20)22)35-17-10-11-38(16-17)12-13-44-24-7-3-5-19-26(24)30(43)39(29(19)42)23-8-9-25(40)36-28(23)41/h1-7,14-15,17,23,33H,8-13,16H2,(H,34,35,37)(H,36,40,41). The number of H-pyrrole nitrogens is 1. The number of ether oxygens (including phenoxy) is 1. The largest absolute Gasteiger partial charge is 0.491 e. The van der Waals surface area contributed by atoms with Crippen LogP contribution in [0, 0.1) is 0 Å². The molecule has 2 aromatic heterocycles. The molecule has 0 spiro atoms. The van der Waals surface area contributed by atoms with E-state index in [2.05, 4.69) is 25.5 Å². The highest BCUT2D eigenvalue weighted by atomic mass is 35.5. The van der Waals surface area contributed by atoms with Crippen molar-refractivity contribution in [2.45, 2.75) is 31.3 Å². The molecule has 0 saturated carbocycles. The molecule has 0 aliphatic carbocycles. The Balaban J connectivity index is 0.967. The van der Waals surface area contributed by atoms with Crippen molar-refractivity contribution >= 4 is 52.1 Å². The van der Waals surface area contributed by atoms with Crippen molar-refractivity contribution in [1.82, 2.24) is 30.1 Å². The van der Waals surface area contributed by atoms with Crippen LogP contribution in [-0.2, 0) is 9.59 Å². The highest BCUT2D eigenvalue weighted by Crippen LogP contribution is 2.34.